The fourth-order valence-corrected chi connectivity index (χ4v) is 1.79. The second-order valence-electron chi connectivity index (χ2n) is 4.37. The first kappa shape index (κ1) is 12.0. The van der Waals surface area contributed by atoms with Crippen molar-refractivity contribution < 1.29 is 9.47 Å². The molecule has 1 saturated heterocycles. The Labute approximate surface area is 87.4 Å². The molecule has 1 atom stereocenters. The highest BCUT2D eigenvalue weighted by Crippen LogP contribution is 2.13. The molecule has 0 aromatic rings. The Bertz CT molecular complexity index is 144. The summed E-state index contributed by atoms with van der Waals surface area (Å²) in [4.78, 5) is 2.48. The molecular formula is C11H23NO2. The summed E-state index contributed by atoms with van der Waals surface area (Å²) in [6.07, 6.45) is 0. The summed E-state index contributed by atoms with van der Waals surface area (Å²) in [6, 6.07) is 0. The Kier molecular flexibility index (Phi) is 5.45. The Hall–Kier alpha value is -0.120. The number of rotatable bonds is 5. The van der Waals surface area contributed by atoms with Gasteiger partial charge in [0.25, 0.3) is 0 Å². The molecule has 0 aromatic carbocycles. The maximum Gasteiger partial charge on any atom is 0.0594 e. The maximum absolute atomic E-state index is 5.33. The molecule has 0 aromatic heterocycles. The first-order valence-corrected chi connectivity index (χ1v) is 5.53. The van der Waals surface area contributed by atoms with E-state index in [0.29, 0.717) is 11.8 Å². The molecule has 0 radical (unpaired) electrons. The van der Waals surface area contributed by atoms with Crippen molar-refractivity contribution in [2.24, 2.45) is 11.8 Å². The van der Waals surface area contributed by atoms with Gasteiger partial charge in [0.15, 0.2) is 0 Å². The van der Waals surface area contributed by atoms with Crippen LogP contribution in [0.3, 0.4) is 0 Å². The molecule has 1 rings (SSSR count). The number of hydrogen-bond donors (Lipinski definition) is 0. The van der Waals surface area contributed by atoms with Gasteiger partial charge in [-0.1, -0.05) is 13.8 Å². The van der Waals surface area contributed by atoms with Crippen LogP contribution in [0.1, 0.15) is 13.8 Å². The standard InChI is InChI=1S/C11H23NO2/c1-10(2)11(9-13-3)8-12-4-6-14-7-5-12/h10-11H,4-9H2,1-3H3. The number of morpholine rings is 1. The fourth-order valence-electron chi connectivity index (χ4n) is 1.79. The van der Waals surface area contributed by atoms with E-state index in [4.69, 9.17) is 9.47 Å². The highest BCUT2D eigenvalue weighted by atomic mass is 16.5. The first-order valence-electron chi connectivity index (χ1n) is 5.53. The average Bonchev–Trinajstić information content (AvgIpc) is 2.18. The van der Waals surface area contributed by atoms with Crippen LogP contribution in [0.2, 0.25) is 0 Å². The zero-order valence-electron chi connectivity index (χ0n) is 9.66. The van der Waals surface area contributed by atoms with E-state index < -0.39 is 0 Å². The van der Waals surface area contributed by atoms with Gasteiger partial charge in [-0.25, -0.2) is 0 Å². The highest BCUT2D eigenvalue weighted by Gasteiger charge is 2.19. The molecule has 1 fully saturated rings. The second-order valence-corrected chi connectivity index (χ2v) is 4.37. The van der Waals surface area contributed by atoms with Crippen LogP contribution in [0, 0.1) is 11.8 Å². The third-order valence-electron chi connectivity index (χ3n) is 2.92. The van der Waals surface area contributed by atoms with Crippen LogP contribution in [0.5, 0.6) is 0 Å². The third kappa shape index (κ3) is 3.95. The van der Waals surface area contributed by atoms with Gasteiger partial charge in [-0.15, -0.1) is 0 Å². The number of ether oxygens (including phenoxy) is 2. The van der Waals surface area contributed by atoms with Crippen LogP contribution in [0.15, 0.2) is 0 Å². The van der Waals surface area contributed by atoms with Gasteiger partial charge < -0.3 is 9.47 Å². The van der Waals surface area contributed by atoms with Crippen molar-refractivity contribution in [2.45, 2.75) is 13.8 Å². The Morgan fingerprint density at radius 3 is 2.43 bits per heavy atom. The molecule has 0 bridgehead atoms. The van der Waals surface area contributed by atoms with Crippen LogP contribution >= 0.6 is 0 Å². The predicted octanol–water partition coefficient (Wildman–Crippen LogP) is 1.24. The Morgan fingerprint density at radius 1 is 1.29 bits per heavy atom. The minimum atomic E-state index is 0.651. The van der Waals surface area contributed by atoms with E-state index in [1.165, 1.54) is 0 Å². The molecule has 1 aliphatic rings. The van der Waals surface area contributed by atoms with Gasteiger partial charge in [0, 0.05) is 26.7 Å². The molecule has 1 heterocycles. The van der Waals surface area contributed by atoms with Crippen molar-refractivity contribution in [3.8, 4) is 0 Å². The third-order valence-corrected chi connectivity index (χ3v) is 2.92. The van der Waals surface area contributed by atoms with Crippen molar-refractivity contribution in [3.05, 3.63) is 0 Å². The molecule has 0 spiro atoms. The molecule has 0 saturated carbocycles. The van der Waals surface area contributed by atoms with Crippen molar-refractivity contribution in [1.82, 2.24) is 4.90 Å². The fraction of sp³-hybridized carbons (Fsp3) is 1.00. The molecule has 1 unspecified atom stereocenters. The average molecular weight is 201 g/mol. The van der Waals surface area contributed by atoms with E-state index >= 15 is 0 Å². The van der Waals surface area contributed by atoms with Crippen molar-refractivity contribution in [3.63, 3.8) is 0 Å². The monoisotopic (exact) mass is 201 g/mol. The van der Waals surface area contributed by atoms with Gasteiger partial charge in [0.1, 0.15) is 0 Å². The summed E-state index contributed by atoms with van der Waals surface area (Å²) in [5, 5.41) is 0. The minimum absolute atomic E-state index is 0.651. The lowest BCUT2D eigenvalue weighted by molar-refractivity contribution is 0.0161. The van der Waals surface area contributed by atoms with Crippen molar-refractivity contribution in [2.75, 3.05) is 46.6 Å². The summed E-state index contributed by atoms with van der Waals surface area (Å²) in [5.74, 6) is 1.34. The van der Waals surface area contributed by atoms with Gasteiger partial charge in [0.2, 0.25) is 0 Å². The summed E-state index contributed by atoms with van der Waals surface area (Å²) < 4.78 is 10.6. The summed E-state index contributed by atoms with van der Waals surface area (Å²) in [7, 11) is 1.79. The van der Waals surface area contributed by atoms with Crippen molar-refractivity contribution >= 4 is 0 Å². The van der Waals surface area contributed by atoms with Gasteiger partial charge in [0.05, 0.1) is 19.8 Å². The van der Waals surface area contributed by atoms with Gasteiger partial charge >= 0.3 is 0 Å². The molecule has 14 heavy (non-hydrogen) atoms. The molecule has 3 heteroatoms. The molecule has 0 amide bonds. The lowest BCUT2D eigenvalue weighted by Crippen LogP contribution is -2.41. The Balaban J connectivity index is 2.29. The van der Waals surface area contributed by atoms with Crippen LogP contribution < -0.4 is 0 Å². The van der Waals surface area contributed by atoms with Crippen LogP contribution in [0.4, 0.5) is 0 Å². The Morgan fingerprint density at radius 2 is 1.93 bits per heavy atom. The predicted molar refractivity (Wildman–Crippen MR) is 57.5 cm³/mol. The highest BCUT2D eigenvalue weighted by molar-refractivity contribution is 4.70. The smallest absolute Gasteiger partial charge is 0.0594 e. The summed E-state index contributed by atoms with van der Waals surface area (Å²) in [5.41, 5.74) is 0. The van der Waals surface area contributed by atoms with Crippen LogP contribution in [0.25, 0.3) is 0 Å². The van der Waals surface area contributed by atoms with E-state index in [0.717, 1.165) is 39.5 Å². The molecule has 84 valence electrons. The normalized spacial score (nSPS) is 21.4. The first-order chi connectivity index (χ1) is 6.74. The van der Waals surface area contributed by atoms with E-state index in [2.05, 4.69) is 18.7 Å². The van der Waals surface area contributed by atoms with Crippen LogP contribution in [-0.2, 0) is 9.47 Å². The zero-order chi connectivity index (χ0) is 10.4. The lowest BCUT2D eigenvalue weighted by atomic mass is 9.96. The largest absolute Gasteiger partial charge is 0.384 e. The number of methoxy groups -OCH3 is 1. The second kappa shape index (κ2) is 6.38. The van der Waals surface area contributed by atoms with E-state index in [9.17, 15) is 0 Å². The molecule has 3 nitrogen and oxygen atoms in total. The lowest BCUT2D eigenvalue weighted by Gasteiger charge is -2.31. The van der Waals surface area contributed by atoms with Gasteiger partial charge in [-0.05, 0) is 11.8 Å². The molecule has 0 aliphatic carbocycles. The molecule has 0 N–H and O–H groups in total. The number of hydrogen-bond acceptors (Lipinski definition) is 3. The van der Waals surface area contributed by atoms with E-state index in [-0.39, 0.29) is 0 Å². The van der Waals surface area contributed by atoms with Gasteiger partial charge in [-0.3, -0.25) is 4.90 Å². The number of nitrogens with zero attached hydrogens (tertiary/aromatic N) is 1. The van der Waals surface area contributed by atoms with E-state index in [1.54, 1.807) is 7.11 Å². The minimum Gasteiger partial charge on any atom is -0.384 e. The topological polar surface area (TPSA) is 21.7 Å². The SMILES string of the molecule is COCC(CN1CCOCC1)C(C)C. The molecule has 1 aliphatic heterocycles. The van der Waals surface area contributed by atoms with Crippen molar-refractivity contribution in [1.29, 1.82) is 0 Å². The zero-order valence-corrected chi connectivity index (χ0v) is 9.66. The van der Waals surface area contributed by atoms with E-state index in [1.807, 2.05) is 0 Å². The molecular weight excluding hydrogens is 178 g/mol. The summed E-state index contributed by atoms with van der Waals surface area (Å²) in [6.45, 7) is 10.5. The van der Waals surface area contributed by atoms with Gasteiger partial charge in [-0.2, -0.15) is 0 Å². The quantitative estimate of drug-likeness (QED) is 0.668. The summed E-state index contributed by atoms with van der Waals surface area (Å²) >= 11 is 0. The van der Waals surface area contributed by atoms with Crippen LogP contribution in [-0.4, -0.2) is 51.5 Å². The maximum atomic E-state index is 5.33.